The number of unbranched alkanes of at least 4 members (excludes halogenated alkanes) is 1. The summed E-state index contributed by atoms with van der Waals surface area (Å²) in [5, 5.41) is 11.6. The van der Waals surface area contributed by atoms with E-state index in [0.717, 1.165) is 45.3 Å². The molecule has 0 bridgehead atoms. The van der Waals surface area contributed by atoms with Gasteiger partial charge in [0.05, 0.1) is 5.56 Å². The number of benzene rings is 1. The molecule has 0 aliphatic carbocycles. The van der Waals surface area contributed by atoms with Gasteiger partial charge < -0.3 is 14.7 Å². The first kappa shape index (κ1) is 21.0. The summed E-state index contributed by atoms with van der Waals surface area (Å²) >= 11 is 0. The van der Waals surface area contributed by atoms with Crippen LogP contribution in [0.25, 0.3) is 0 Å². The van der Waals surface area contributed by atoms with Gasteiger partial charge in [-0.25, -0.2) is 9.59 Å². The van der Waals surface area contributed by atoms with Gasteiger partial charge in [0.1, 0.15) is 6.10 Å². The van der Waals surface area contributed by atoms with E-state index in [0.29, 0.717) is 5.69 Å². The van der Waals surface area contributed by atoms with Gasteiger partial charge in [0.2, 0.25) is 0 Å². The number of carbonyl (C=O) groups is 2. The Bertz CT molecular complexity index is 527. The van der Waals surface area contributed by atoms with Crippen molar-refractivity contribution in [3.05, 3.63) is 29.8 Å². The van der Waals surface area contributed by atoms with E-state index < -0.39 is 12.1 Å². The monoisotopic (exact) mass is 350 g/mol. The minimum atomic E-state index is -0.995. The standard InChI is InChI=1S/C19H30N2O4/c1-4-7-8-17(13-14-21(5-2)6-3)25-19(24)20-16-11-9-15(10-12-16)18(22)23/h9-12,17H,4-8,13-14H2,1-3H3,(H,20,24)(H,22,23). The van der Waals surface area contributed by atoms with Gasteiger partial charge in [-0.1, -0.05) is 33.6 Å². The Balaban J connectivity index is 2.56. The van der Waals surface area contributed by atoms with E-state index >= 15 is 0 Å². The van der Waals surface area contributed by atoms with Crippen molar-refractivity contribution in [3.63, 3.8) is 0 Å². The molecule has 0 aliphatic heterocycles. The van der Waals surface area contributed by atoms with Crippen molar-refractivity contribution in [1.29, 1.82) is 0 Å². The second-order valence-corrected chi connectivity index (χ2v) is 5.99. The highest BCUT2D eigenvalue weighted by Gasteiger charge is 2.15. The lowest BCUT2D eigenvalue weighted by atomic mass is 10.1. The zero-order valence-electron chi connectivity index (χ0n) is 15.5. The summed E-state index contributed by atoms with van der Waals surface area (Å²) in [6.07, 6.45) is 3.13. The molecular weight excluding hydrogens is 320 g/mol. The first-order valence-corrected chi connectivity index (χ1v) is 9.03. The molecule has 1 aromatic rings. The number of carbonyl (C=O) groups excluding carboxylic acids is 1. The SMILES string of the molecule is CCCCC(CCN(CC)CC)OC(=O)Nc1ccc(C(=O)O)cc1. The third-order valence-electron chi connectivity index (χ3n) is 4.19. The molecule has 1 atom stereocenters. The van der Waals surface area contributed by atoms with Crippen molar-refractivity contribution in [2.75, 3.05) is 25.0 Å². The van der Waals surface area contributed by atoms with Crippen LogP contribution in [0.15, 0.2) is 24.3 Å². The molecule has 0 spiro atoms. The van der Waals surface area contributed by atoms with E-state index in [2.05, 4.69) is 31.0 Å². The number of ether oxygens (including phenoxy) is 1. The molecule has 0 fully saturated rings. The van der Waals surface area contributed by atoms with E-state index in [9.17, 15) is 9.59 Å². The molecule has 0 saturated carbocycles. The van der Waals surface area contributed by atoms with Crippen LogP contribution in [0.2, 0.25) is 0 Å². The third-order valence-corrected chi connectivity index (χ3v) is 4.19. The lowest BCUT2D eigenvalue weighted by Crippen LogP contribution is -2.30. The maximum absolute atomic E-state index is 12.1. The summed E-state index contributed by atoms with van der Waals surface area (Å²) in [7, 11) is 0. The highest BCUT2D eigenvalue weighted by atomic mass is 16.6. The van der Waals surface area contributed by atoms with E-state index in [-0.39, 0.29) is 11.7 Å². The van der Waals surface area contributed by atoms with Crippen LogP contribution in [0, 0.1) is 0 Å². The molecule has 0 aromatic heterocycles. The summed E-state index contributed by atoms with van der Waals surface area (Å²) < 4.78 is 5.58. The van der Waals surface area contributed by atoms with Gasteiger partial charge in [-0.05, 0) is 50.2 Å². The summed E-state index contributed by atoms with van der Waals surface area (Å²) in [5.74, 6) is -0.995. The second kappa shape index (κ2) is 11.5. The lowest BCUT2D eigenvalue weighted by molar-refractivity contribution is 0.0696. The quantitative estimate of drug-likeness (QED) is 0.624. The van der Waals surface area contributed by atoms with E-state index in [1.54, 1.807) is 12.1 Å². The first-order valence-electron chi connectivity index (χ1n) is 9.03. The molecule has 1 unspecified atom stereocenters. The summed E-state index contributed by atoms with van der Waals surface area (Å²) in [6.45, 7) is 9.24. The highest BCUT2D eigenvalue weighted by molar-refractivity contribution is 5.89. The Morgan fingerprint density at radius 2 is 1.76 bits per heavy atom. The van der Waals surface area contributed by atoms with Crippen LogP contribution < -0.4 is 5.32 Å². The van der Waals surface area contributed by atoms with Crippen molar-refractivity contribution in [1.82, 2.24) is 4.90 Å². The van der Waals surface area contributed by atoms with Crippen molar-refractivity contribution < 1.29 is 19.4 Å². The molecule has 2 N–H and O–H groups in total. The molecule has 6 heteroatoms. The highest BCUT2D eigenvalue weighted by Crippen LogP contribution is 2.14. The molecule has 0 heterocycles. The Kier molecular flexibility index (Phi) is 9.62. The van der Waals surface area contributed by atoms with Gasteiger partial charge in [0.15, 0.2) is 0 Å². The predicted molar refractivity (Wildman–Crippen MR) is 99.2 cm³/mol. The first-order chi connectivity index (χ1) is 12.0. The van der Waals surface area contributed by atoms with Crippen LogP contribution in [0.4, 0.5) is 10.5 Å². The van der Waals surface area contributed by atoms with Gasteiger partial charge in [-0.3, -0.25) is 5.32 Å². The van der Waals surface area contributed by atoms with Gasteiger partial charge in [-0.2, -0.15) is 0 Å². The maximum atomic E-state index is 12.1. The number of nitrogens with zero attached hydrogens (tertiary/aromatic N) is 1. The van der Waals surface area contributed by atoms with Crippen LogP contribution in [0.5, 0.6) is 0 Å². The second-order valence-electron chi connectivity index (χ2n) is 5.99. The number of nitrogens with one attached hydrogen (secondary N) is 1. The Morgan fingerprint density at radius 1 is 1.12 bits per heavy atom. The number of aromatic carboxylic acids is 1. The molecule has 0 saturated heterocycles. The Labute approximate surface area is 150 Å². The number of amides is 1. The Hall–Kier alpha value is -2.08. The number of anilines is 1. The van der Waals surface area contributed by atoms with Crippen LogP contribution in [-0.4, -0.2) is 47.8 Å². The fourth-order valence-electron chi connectivity index (χ4n) is 2.56. The largest absolute Gasteiger partial charge is 0.478 e. The molecule has 1 aromatic carbocycles. The van der Waals surface area contributed by atoms with Crippen molar-refractivity contribution in [2.24, 2.45) is 0 Å². The zero-order valence-corrected chi connectivity index (χ0v) is 15.5. The molecule has 1 rings (SSSR count). The average Bonchev–Trinajstić information content (AvgIpc) is 2.60. The third kappa shape index (κ3) is 8.03. The summed E-state index contributed by atoms with van der Waals surface area (Å²) in [5.41, 5.74) is 0.701. The van der Waals surface area contributed by atoms with Gasteiger partial charge in [0, 0.05) is 12.2 Å². The van der Waals surface area contributed by atoms with Crippen LogP contribution >= 0.6 is 0 Å². The van der Waals surface area contributed by atoms with Crippen LogP contribution in [0.1, 0.15) is 56.8 Å². The van der Waals surface area contributed by atoms with Crippen LogP contribution in [0.3, 0.4) is 0 Å². The molecule has 1 amide bonds. The Morgan fingerprint density at radius 3 is 2.28 bits per heavy atom. The van der Waals surface area contributed by atoms with Crippen molar-refractivity contribution >= 4 is 17.7 Å². The molecule has 25 heavy (non-hydrogen) atoms. The van der Waals surface area contributed by atoms with Crippen molar-refractivity contribution in [2.45, 2.75) is 52.6 Å². The fraction of sp³-hybridized carbons (Fsp3) is 0.579. The molecular formula is C19H30N2O4. The minimum Gasteiger partial charge on any atom is -0.478 e. The topological polar surface area (TPSA) is 78.9 Å². The molecule has 140 valence electrons. The minimum absolute atomic E-state index is 0.112. The average molecular weight is 350 g/mol. The number of hydrogen-bond acceptors (Lipinski definition) is 4. The number of hydrogen-bond donors (Lipinski definition) is 2. The maximum Gasteiger partial charge on any atom is 0.411 e. The zero-order chi connectivity index (χ0) is 18.7. The van der Waals surface area contributed by atoms with E-state index in [4.69, 9.17) is 9.84 Å². The smallest absolute Gasteiger partial charge is 0.411 e. The summed E-state index contributed by atoms with van der Waals surface area (Å²) in [4.78, 5) is 25.3. The van der Waals surface area contributed by atoms with Crippen LogP contribution in [-0.2, 0) is 4.74 Å². The molecule has 6 nitrogen and oxygen atoms in total. The van der Waals surface area contributed by atoms with E-state index in [1.807, 2.05) is 0 Å². The van der Waals surface area contributed by atoms with Gasteiger partial charge in [0.25, 0.3) is 0 Å². The normalized spacial score (nSPS) is 12.0. The summed E-state index contributed by atoms with van der Waals surface area (Å²) in [6, 6.07) is 6.02. The number of carboxylic acid groups (broad SMARTS) is 1. The predicted octanol–water partition coefficient (Wildman–Crippen LogP) is 4.22. The lowest BCUT2D eigenvalue weighted by Gasteiger charge is -2.23. The van der Waals surface area contributed by atoms with Crippen molar-refractivity contribution in [3.8, 4) is 0 Å². The molecule has 0 aliphatic rings. The number of carboxylic acids is 1. The van der Waals surface area contributed by atoms with E-state index in [1.165, 1.54) is 12.1 Å². The van der Waals surface area contributed by atoms with Gasteiger partial charge in [-0.15, -0.1) is 0 Å². The van der Waals surface area contributed by atoms with Gasteiger partial charge >= 0.3 is 12.1 Å². The molecule has 0 radical (unpaired) electrons. The fourth-order valence-corrected chi connectivity index (χ4v) is 2.56. The number of rotatable bonds is 11.